The van der Waals surface area contributed by atoms with Crippen molar-refractivity contribution in [2.75, 3.05) is 12.4 Å². The average Bonchev–Trinajstić information content (AvgIpc) is 2.19. The lowest BCUT2D eigenvalue weighted by atomic mass is 10.2. The highest BCUT2D eigenvalue weighted by Crippen LogP contribution is 1.94. The number of aliphatic hydroxyl groups is 1. The van der Waals surface area contributed by atoms with Gasteiger partial charge >= 0.3 is 0 Å². The van der Waals surface area contributed by atoms with Crippen molar-refractivity contribution in [2.24, 2.45) is 0 Å². The summed E-state index contributed by atoms with van der Waals surface area (Å²) < 4.78 is 0. The molecule has 2 nitrogen and oxygen atoms in total. The molecule has 0 unspecified atom stereocenters. The Hall–Kier alpha value is -0.570. The first-order chi connectivity index (χ1) is 6.33. The van der Waals surface area contributed by atoms with Crippen molar-refractivity contribution in [3.05, 3.63) is 35.9 Å². The number of quaternary nitrogens is 1. The largest absolute Gasteiger partial charge is 0.386 e. The van der Waals surface area contributed by atoms with Gasteiger partial charge in [-0.3, -0.25) is 0 Å². The van der Waals surface area contributed by atoms with Gasteiger partial charge in [0.1, 0.15) is 19.2 Å². The fraction of sp³-hybridized carbons (Fsp3) is 0.400. The molecular formula is C10H15ClNO+. The highest BCUT2D eigenvalue weighted by Gasteiger charge is 2.03. The van der Waals surface area contributed by atoms with E-state index in [4.69, 9.17) is 11.6 Å². The molecule has 0 saturated heterocycles. The first-order valence-electron chi connectivity index (χ1n) is 4.42. The minimum absolute atomic E-state index is 0.311. The predicted molar refractivity (Wildman–Crippen MR) is 53.7 cm³/mol. The van der Waals surface area contributed by atoms with E-state index in [-0.39, 0.29) is 0 Å². The van der Waals surface area contributed by atoms with E-state index in [1.54, 1.807) is 0 Å². The summed E-state index contributed by atoms with van der Waals surface area (Å²) >= 11 is 5.46. The topological polar surface area (TPSA) is 36.8 Å². The Labute approximate surface area is 83.5 Å². The molecule has 3 N–H and O–H groups in total. The third kappa shape index (κ3) is 4.27. The third-order valence-corrected chi connectivity index (χ3v) is 2.20. The lowest BCUT2D eigenvalue weighted by molar-refractivity contribution is -0.675. The second kappa shape index (κ2) is 5.97. The van der Waals surface area contributed by atoms with Crippen LogP contribution in [0.25, 0.3) is 0 Å². The number of nitrogens with two attached hydrogens (primary N) is 1. The molecule has 0 bridgehead atoms. The highest BCUT2D eigenvalue weighted by atomic mass is 35.5. The van der Waals surface area contributed by atoms with Crippen molar-refractivity contribution in [3.63, 3.8) is 0 Å². The van der Waals surface area contributed by atoms with E-state index in [1.807, 2.05) is 18.2 Å². The van der Waals surface area contributed by atoms with E-state index in [1.165, 1.54) is 5.56 Å². The molecule has 1 aromatic carbocycles. The van der Waals surface area contributed by atoms with E-state index in [9.17, 15) is 5.11 Å². The highest BCUT2D eigenvalue weighted by molar-refractivity contribution is 6.18. The van der Waals surface area contributed by atoms with Crippen LogP contribution in [-0.2, 0) is 6.54 Å². The third-order valence-electron chi connectivity index (χ3n) is 1.84. The van der Waals surface area contributed by atoms with E-state index >= 15 is 0 Å². The standard InChI is InChI=1S/C10H14ClNO/c11-6-10(13)8-12-7-9-4-2-1-3-5-9/h1-5,10,12-13H,6-8H2/p+1/t10-/m1/s1. The van der Waals surface area contributed by atoms with Crippen molar-refractivity contribution in [2.45, 2.75) is 12.6 Å². The van der Waals surface area contributed by atoms with Crippen LogP contribution in [0.2, 0.25) is 0 Å². The maximum Gasteiger partial charge on any atom is 0.116 e. The van der Waals surface area contributed by atoms with Gasteiger partial charge < -0.3 is 10.4 Å². The Bertz CT molecular complexity index is 228. The van der Waals surface area contributed by atoms with Crippen LogP contribution in [0.5, 0.6) is 0 Å². The van der Waals surface area contributed by atoms with Crippen molar-refractivity contribution < 1.29 is 10.4 Å². The Morgan fingerprint density at radius 1 is 1.31 bits per heavy atom. The molecule has 0 aliphatic heterocycles. The predicted octanol–water partition coefficient (Wildman–Crippen LogP) is 0.350. The number of aliphatic hydroxyl groups excluding tert-OH is 1. The minimum Gasteiger partial charge on any atom is -0.386 e. The lowest BCUT2D eigenvalue weighted by Crippen LogP contribution is -2.84. The Kier molecular flexibility index (Phi) is 4.83. The molecule has 0 saturated carbocycles. The molecule has 3 heteroatoms. The van der Waals surface area contributed by atoms with Gasteiger partial charge in [-0.1, -0.05) is 30.3 Å². The molecule has 0 aliphatic carbocycles. The van der Waals surface area contributed by atoms with Gasteiger partial charge in [0.05, 0.1) is 5.88 Å². The number of hydrogen-bond donors (Lipinski definition) is 2. The summed E-state index contributed by atoms with van der Waals surface area (Å²) in [6, 6.07) is 10.2. The number of hydrogen-bond acceptors (Lipinski definition) is 1. The maximum atomic E-state index is 9.17. The summed E-state index contributed by atoms with van der Waals surface area (Å²) in [7, 11) is 0. The quantitative estimate of drug-likeness (QED) is 0.662. The molecule has 0 aromatic heterocycles. The van der Waals surface area contributed by atoms with Crippen LogP contribution < -0.4 is 5.32 Å². The molecule has 0 radical (unpaired) electrons. The molecule has 0 heterocycles. The molecular weight excluding hydrogens is 186 g/mol. The average molecular weight is 201 g/mol. The Morgan fingerprint density at radius 3 is 2.62 bits per heavy atom. The van der Waals surface area contributed by atoms with Crippen molar-refractivity contribution in [1.82, 2.24) is 0 Å². The second-order valence-electron chi connectivity index (χ2n) is 3.02. The van der Waals surface area contributed by atoms with Crippen molar-refractivity contribution in [3.8, 4) is 0 Å². The van der Waals surface area contributed by atoms with Crippen LogP contribution in [0.4, 0.5) is 0 Å². The maximum absolute atomic E-state index is 9.17. The van der Waals surface area contributed by atoms with Crippen molar-refractivity contribution in [1.29, 1.82) is 0 Å². The van der Waals surface area contributed by atoms with Gasteiger partial charge in [0.25, 0.3) is 0 Å². The molecule has 1 rings (SSSR count). The van der Waals surface area contributed by atoms with Gasteiger partial charge in [0, 0.05) is 5.56 Å². The van der Waals surface area contributed by atoms with Crippen LogP contribution in [0.15, 0.2) is 30.3 Å². The number of halogens is 1. The molecule has 13 heavy (non-hydrogen) atoms. The molecule has 0 fully saturated rings. The molecule has 72 valence electrons. The molecule has 1 atom stereocenters. The van der Waals surface area contributed by atoms with Gasteiger partial charge in [-0.15, -0.1) is 11.6 Å². The minimum atomic E-state index is -0.398. The Balaban J connectivity index is 2.20. The number of alkyl halides is 1. The summed E-state index contributed by atoms with van der Waals surface area (Å²) in [5.74, 6) is 0.311. The monoisotopic (exact) mass is 200 g/mol. The molecule has 0 aliphatic rings. The van der Waals surface area contributed by atoms with E-state index in [0.717, 1.165) is 6.54 Å². The molecule has 0 spiro atoms. The SMILES string of the molecule is O[C@H](CCl)C[NH2+]Cc1ccccc1. The van der Waals surface area contributed by atoms with Gasteiger partial charge in [0.2, 0.25) is 0 Å². The second-order valence-corrected chi connectivity index (χ2v) is 3.33. The van der Waals surface area contributed by atoms with E-state index in [2.05, 4.69) is 17.4 Å². The van der Waals surface area contributed by atoms with Gasteiger partial charge in [-0.05, 0) is 0 Å². The first-order valence-corrected chi connectivity index (χ1v) is 4.96. The normalized spacial score (nSPS) is 12.8. The lowest BCUT2D eigenvalue weighted by Gasteiger charge is -2.05. The van der Waals surface area contributed by atoms with E-state index in [0.29, 0.717) is 12.4 Å². The number of rotatable bonds is 5. The van der Waals surface area contributed by atoms with Crippen LogP contribution in [0.3, 0.4) is 0 Å². The summed E-state index contributed by atoms with van der Waals surface area (Å²) in [6.07, 6.45) is -0.398. The zero-order valence-corrected chi connectivity index (χ0v) is 8.24. The zero-order valence-electron chi connectivity index (χ0n) is 7.49. The summed E-state index contributed by atoms with van der Waals surface area (Å²) in [6.45, 7) is 1.56. The van der Waals surface area contributed by atoms with Crippen LogP contribution in [0, 0.1) is 0 Å². The Morgan fingerprint density at radius 2 is 2.00 bits per heavy atom. The van der Waals surface area contributed by atoms with Crippen LogP contribution >= 0.6 is 11.6 Å². The van der Waals surface area contributed by atoms with Gasteiger partial charge in [-0.2, -0.15) is 0 Å². The van der Waals surface area contributed by atoms with E-state index < -0.39 is 6.10 Å². The van der Waals surface area contributed by atoms with Crippen LogP contribution in [-0.4, -0.2) is 23.6 Å². The number of benzene rings is 1. The van der Waals surface area contributed by atoms with Gasteiger partial charge in [0.15, 0.2) is 0 Å². The fourth-order valence-corrected chi connectivity index (χ4v) is 1.25. The summed E-state index contributed by atoms with van der Waals surface area (Å²) in [5, 5.41) is 11.2. The van der Waals surface area contributed by atoms with Gasteiger partial charge in [-0.25, -0.2) is 0 Å². The van der Waals surface area contributed by atoms with Crippen molar-refractivity contribution >= 4 is 11.6 Å². The smallest absolute Gasteiger partial charge is 0.116 e. The zero-order chi connectivity index (χ0) is 9.52. The first kappa shape index (κ1) is 10.5. The van der Waals surface area contributed by atoms with Crippen LogP contribution in [0.1, 0.15) is 5.56 Å². The molecule has 1 aromatic rings. The summed E-state index contributed by atoms with van der Waals surface area (Å²) in [4.78, 5) is 0. The fourth-order valence-electron chi connectivity index (χ4n) is 1.12. The molecule has 0 amide bonds. The summed E-state index contributed by atoms with van der Waals surface area (Å²) in [5.41, 5.74) is 1.27.